The Morgan fingerprint density at radius 1 is 1.10 bits per heavy atom. The lowest BCUT2D eigenvalue weighted by Gasteiger charge is -2.39. The molecule has 3 atom stereocenters. The van der Waals surface area contributed by atoms with Crippen molar-refractivity contribution in [3.05, 3.63) is 30.3 Å². The van der Waals surface area contributed by atoms with E-state index < -0.39 is 21.2 Å². The third kappa shape index (κ3) is 3.07. The molecule has 3 nitrogen and oxygen atoms in total. The van der Waals surface area contributed by atoms with E-state index in [9.17, 15) is 13.5 Å². The number of rotatable bonds is 2. The van der Waals surface area contributed by atoms with Gasteiger partial charge in [0, 0.05) is 0 Å². The smallest absolute Gasteiger partial charge is 0.183 e. The molecule has 4 heteroatoms. The molecule has 1 N–H and O–H groups in total. The van der Waals surface area contributed by atoms with Crippen LogP contribution in [0.4, 0.5) is 0 Å². The van der Waals surface area contributed by atoms with Crippen molar-refractivity contribution in [2.45, 2.75) is 56.3 Å². The minimum Gasteiger partial charge on any atom is -0.392 e. The van der Waals surface area contributed by atoms with Gasteiger partial charge in [0.1, 0.15) is 0 Å². The quantitative estimate of drug-likeness (QED) is 0.912. The van der Waals surface area contributed by atoms with Gasteiger partial charge >= 0.3 is 0 Å². The van der Waals surface area contributed by atoms with Crippen LogP contribution in [-0.2, 0) is 9.84 Å². The van der Waals surface area contributed by atoms with Gasteiger partial charge in [0.25, 0.3) is 0 Å². The van der Waals surface area contributed by atoms with Crippen LogP contribution < -0.4 is 0 Å². The summed E-state index contributed by atoms with van der Waals surface area (Å²) in [7, 11) is -3.45. The fourth-order valence-corrected chi connectivity index (χ4v) is 4.94. The van der Waals surface area contributed by atoms with Crippen LogP contribution in [0, 0.1) is 11.3 Å². The lowest BCUT2D eigenvalue weighted by Crippen LogP contribution is -2.42. The van der Waals surface area contributed by atoms with E-state index in [1.807, 2.05) is 0 Å². The molecule has 0 bridgehead atoms. The summed E-state index contributed by atoms with van der Waals surface area (Å²) >= 11 is 0. The van der Waals surface area contributed by atoms with Gasteiger partial charge in [-0.15, -0.1) is 0 Å². The molecule has 0 spiro atoms. The standard InChI is InChI=1S/C16H24O3S/c1-16(2,3)12-9-10-14(17)15(11-12)20(18,19)13-7-5-4-6-8-13/h4-8,12,14-15,17H,9-11H2,1-3H3. The molecular formula is C16H24O3S. The molecule has 1 saturated carbocycles. The fraction of sp³-hybridized carbons (Fsp3) is 0.625. The van der Waals surface area contributed by atoms with Crippen LogP contribution in [-0.4, -0.2) is 24.9 Å². The maximum absolute atomic E-state index is 12.7. The predicted octanol–water partition coefficient (Wildman–Crippen LogP) is 3.04. The molecule has 1 fully saturated rings. The van der Waals surface area contributed by atoms with Crippen LogP contribution in [0.1, 0.15) is 40.0 Å². The van der Waals surface area contributed by atoms with Gasteiger partial charge in [-0.2, -0.15) is 0 Å². The largest absolute Gasteiger partial charge is 0.392 e. The highest BCUT2D eigenvalue weighted by molar-refractivity contribution is 7.92. The van der Waals surface area contributed by atoms with Crippen molar-refractivity contribution in [1.82, 2.24) is 0 Å². The zero-order valence-electron chi connectivity index (χ0n) is 12.4. The Bertz CT molecular complexity index is 543. The Hall–Kier alpha value is -0.870. The van der Waals surface area contributed by atoms with Gasteiger partial charge in [-0.25, -0.2) is 8.42 Å². The van der Waals surface area contributed by atoms with E-state index in [1.165, 1.54) is 0 Å². The van der Waals surface area contributed by atoms with Crippen molar-refractivity contribution >= 4 is 9.84 Å². The van der Waals surface area contributed by atoms with Gasteiger partial charge in [-0.05, 0) is 42.7 Å². The van der Waals surface area contributed by atoms with Crippen LogP contribution in [0.5, 0.6) is 0 Å². The molecule has 1 aliphatic carbocycles. The minimum absolute atomic E-state index is 0.0740. The van der Waals surface area contributed by atoms with Gasteiger partial charge in [-0.3, -0.25) is 0 Å². The number of aliphatic hydroxyl groups excluding tert-OH is 1. The number of hydrogen-bond donors (Lipinski definition) is 1. The van der Waals surface area contributed by atoms with E-state index >= 15 is 0 Å². The zero-order valence-corrected chi connectivity index (χ0v) is 13.2. The lowest BCUT2D eigenvalue weighted by atomic mass is 9.71. The first-order valence-electron chi connectivity index (χ1n) is 7.20. The van der Waals surface area contributed by atoms with Crippen LogP contribution >= 0.6 is 0 Å². The Kier molecular flexibility index (Phi) is 4.26. The van der Waals surface area contributed by atoms with E-state index in [0.29, 0.717) is 23.7 Å². The van der Waals surface area contributed by atoms with Crippen molar-refractivity contribution in [3.8, 4) is 0 Å². The summed E-state index contributed by atoms with van der Waals surface area (Å²) in [5.41, 5.74) is 0.0740. The molecule has 0 aromatic heterocycles. The maximum atomic E-state index is 12.7. The van der Waals surface area contributed by atoms with E-state index in [1.54, 1.807) is 30.3 Å². The van der Waals surface area contributed by atoms with Crippen LogP contribution in [0.15, 0.2) is 35.2 Å². The van der Waals surface area contributed by atoms with Crippen molar-refractivity contribution < 1.29 is 13.5 Å². The molecule has 112 valence electrons. The second kappa shape index (κ2) is 5.49. The summed E-state index contributed by atoms with van der Waals surface area (Å²) in [6.45, 7) is 6.42. The first kappa shape index (κ1) is 15.5. The third-order valence-corrected chi connectivity index (χ3v) is 6.68. The highest BCUT2D eigenvalue weighted by atomic mass is 32.2. The zero-order chi connectivity index (χ0) is 15.0. The molecule has 2 rings (SSSR count). The normalized spacial score (nSPS) is 28.3. The van der Waals surface area contributed by atoms with Gasteiger partial charge in [0.2, 0.25) is 0 Å². The SMILES string of the molecule is CC(C)(C)C1CCC(O)C(S(=O)(=O)c2ccccc2)C1. The molecule has 20 heavy (non-hydrogen) atoms. The number of aliphatic hydroxyl groups is 1. The van der Waals surface area contributed by atoms with Gasteiger partial charge in [-0.1, -0.05) is 39.0 Å². The summed E-state index contributed by atoms with van der Waals surface area (Å²) in [5, 5.41) is 9.49. The van der Waals surface area contributed by atoms with Crippen molar-refractivity contribution in [2.75, 3.05) is 0 Å². The third-order valence-electron chi connectivity index (χ3n) is 4.45. The minimum atomic E-state index is -3.45. The van der Waals surface area contributed by atoms with Gasteiger partial charge < -0.3 is 5.11 Å². The fourth-order valence-electron chi connectivity index (χ4n) is 3.02. The van der Waals surface area contributed by atoms with Crippen LogP contribution in [0.3, 0.4) is 0 Å². The second-order valence-electron chi connectivity index (χ2n) is 6.84. The van der Waals surface area contributed by atoms with Gasteiger partial charge in [0.05, 0.1) is 16.2 Å². The summed E-state index contributed by atoms with van der Waals surface area (Å²) in [6, 6.07) is 8.48. The Labute approximate surface area is 121 Å². The number of hydrogen-bond acceptors (Lipinski definition) is 3. The molecule has 0 aliphatic heterocycles. The van der Waals surface area contributed by atoms with Crippen LogP contribution in [0.2, 0.25) is 0 Å². The highest BCUT2D eigenvalue weighted by Gasteiger charge is 2.42. The number of sulfone groups is 1. The highest BCUT2D eigenvalue weighted by Crippen LogP contribution is 2.41. The lowest BCUT2D eigenvalue weighted by molar-refractivity contribution is 0.0757. The molecule has 1 aromatic rings. The summed E-state index contributed by atoms with van der Waals surface area (Å²) < 4.78 is 25.4. The summed E-state index contributed by atoms with van der Waals surface area (Å²) in [4.78, 5) is 0.318. The van der Waals surface area contributed by atoms with E-state index in [4.69, 9.17) is 0 Å². The second-order valence-corrected chi connectivity index (χ2v) is 9.01. The molecule has 3 unspecified atom stereocenters. The van der Waals surface area contributed by atoms with E-state index in [-0.39, 0.29) is 5.41 Å². The molecular weight excluding hydrogens is 272 g/mol. The van der Waals surface area contributed by atoms with Crippen molar-refractivity contribution in [2.24, 2.45) is 11.3 Å². The topological polar surface area (TPSA) is 54.4 Å². The number of benzene rings is 1. The average Bonchev–Trinajstić information content (AvgIpc) is 2.38. The predicted molar refractivity (Wildman–Crippen MR) is 80.2 cm³/mol. The van der Waals surface area contributed by atoms with Gasteiger partial charge in [0.15, 0.2) is 9.84 Å². The molecule has 0 saturated heterocycles. The Balaban J connectivity index is 2.30. The molecule has 0 amide bonds. The van der Waals surface area contributed by atoms with Crippen molar-refractivity contribution in [3.63, 3.8) is 0 Å². The van der Waals surface area contributed by atoms with E-state index in [0.717, 1.165) is 6.42 Å². The van der Waals surface area contributed by atoms with Crippen LogP contribution in [0.25, 0.3) is 0 Å². The van der Waals surface area contributed by atoms with Crippen molar-refractivity contribution in [1.29, 1.82) is 0 Å². The Morgan fingerprint density at radius 3 is 2.25 bits per heavy atom. The monoisotopic (exact) mass is 296 g/mol. The summed E-state index contributed by atoms with van der Waals surface area (Å²) in [6.07, 6.45) is 1.25. The molecule has 1 aromatic carbocycles. The average molecular weight is 296 g/mol. The molecule has 1 aliphatic rings. The maximum Gasteiger partial charge on any atom is 0.183 e. The molecule has 0 radical (unpaired) electrons. The Morgan fingerprint density at radius 2 is 1.70 bits per heavy atom. The first-order valence-corrected chi connectivity index (χ1v) is 8.74. The van der Waals surface area contributed by atoms with E-state index in [2.05, 4.69) is 20.8 Å². The molecule has 0 heterocycles. The summed E-state index contributed by atoms with van der Waals surface area (Å²) in [5.74, 6) is 0.328. The first-order chi connectivity index (χ1) is 9.23.